The Labute approximate surface area is 77.3 Å². The van der Waals surface area contributed by atoms with Gasteiger partial charge in [0.1, 0.15) is 17.4 Å². The van der Waals surface area contributed by atoms with Gasteiger partial charge < -0.3 is 5.73 Å². The minimum atomic E-state index is 0.119. The van der Waals surface area contributed by atoms with Crippen molar-refractivity contribution in [2.45, 2.75) is 0 Å². The van der Waals surface area contributed by atoms with Crippen molar-refractivity contribution in [3.05, 3.63) is 18.3 Å². The van der Waals surface area contributed by atoms with Gasteiger partial charge in [0.2, 0.25) is 5.13 Å². The first-order valence-electron chi connectivity index (χ1n) is 3.33. The van der Waals surface area contributed by atoms with Crippen LogP contribution in [0.2, 0.25) is 0 Å². The van der Waals surface area contributed by atoms with Crippen LogP contribution < -0.4 is 5.73 Å². The predicted octanol–water partition coefficient (Wildman–Crippen LogP) is 0.178. The molecule has 0 atom stereocenters. The van der Waals surface area contributed by atoms with Crippen molar-refractivity contribution < 1.29 is 0 Å². The summed E-state index contributed by atoms with van der Waals surface area (Å²) < 4.78 is 1.42. The summed E-state index contributed by atoms with van der Waals surface area (Å²) in [5, 5.41) is 13.5. The Morgan fingerprint density at radius 2 is 2.38 bits per heavy atom. The van der Waals surface area contributed by atoms with Gasteiger partial charge in [-0.05, 0) is 0 Å². The Bertz CT molecular complexity index is 463. The fourth-order valence-electron chi connectivity index (χ4n) is 0.789. The fraction of sp³-hybridized carbons (Fsp3) is 0. The molecule has 0 radical (unpaired) electrons. The standard InChI is InChI=1S/C6H4N6S/c7-1-5-10-3-12(11-5)6-9-2-4(8)13-6/h2-3H,8H2. The molecule has 7 heteroatoms. The fourth-order valence-corrected chi connectivity index (χ4v) is 1.39. The van der Waals surface area contributed by atoms with Gasteiger partial charge in [0.15, 0.2) is 0 Å². The summed E-state index contributed by atoms with van der Waals surface area (Å²) in [6, 6.07) is 1.83. The summed E-state index contributed by atoms with van der Waals surface area (Å²) in [6.45, 7) is 0. The van der Waals surface area contributed by atoms with E-state index in [1.807, 2.05) is 6.07 Å². The van der Waals surface area contributed by atoms with Gasteiger partial charge in [-0.3, -0.25) is 0 Å². The van der Waals surface area contributed by atoms with Crippen LogP contribution in [0.3, 0.4) is 0 Å². The number of thiazole rings is 1. The molecule has 2 heterocycles. The number of nitrogens with zero attached hydrogens (tertiary/aromatic N) is 5. The number of nitrogens with two attached hydrogens (primary N) is 1. The third-order valence-corrected chi connectivity index (χ3v) is 2.12. The van der Waals surface area contributed by atoms with Crippen molar-refractivity contribution in [2.24, 2.45) is 0 Å². The summed E-state index contributed by atoms with van der Waals surface area (Å²) >= 11 is 1.28. The number of nitriles is 1. The highest BCUT2D eigenvalue weighted by molar-refractivity contribution is 7.17. The van der Waals surface area contributed by atoms with Crippen LogP contribution in [0.4, 0.5) is 5.00 Å². The molecule has 2 aromatic rings. The molecule has 6 nitrogen and oxygen atoms in total. The van der Waals surface area contributed by atoms with Gasteiger partial charge in [0, 0.05) is 0 Å². The van der Waals surface area contributed by atoms with Gasteiger partial charge in [-0.15, -0.1) is 5.10 Å². The maximum absolute atomic E-state index is 8.47. The zero-order chi connectivity index (χ0) is 9.26. The molecular formula is C6H4N6S. The first kappa shape index (κ1) is 7.70. The van der Waals surface area contributed by atoms with Crippen LogP contribution in [0.5, 0.6) is 0 Å². The van der Waals surface area contributed by atoms with Crippen molar-refractivity contribution >= 4 is 16.3 Å². The second-order valence-corrected chi connectivity index (χ2v) is 3.21. The summed E-state index contributed by atoms with van der Waals surface area (Å²) in [6.07, 6.45) is 2.96. The molecule has 0 bridgehead atoms. The van der Waals surface area contributed by atoms with E-state index in [2.05, 4.69) is 15.1 Å². The third-order valence-electron chi connectivity index (χ3n) is 1.30. The van der Waals surface area contributed by atoms with Crippen LogP contribution in [-0.4, -0.2) is 19.7 Å². The van der Waals surface area contributed by atoms with E-state index < -0.39 is 0 Å². The molecule has 0 unspecified atom stereocenters. The molecule has 0 amide bonds. The maximum Gasteiger partial charge on any atom is 0.252 e. The normalized spacial score (nSPS) is 9.77. The molecular weight excluding hydrogens is 188 g/mol. The van der Waals surface area contributed by atoms with E-state index >= 15 is 0 Å². The molecule has 13 heavy (non-hydrogen) atoms. The number of aromatic nitrogens is 4. The van der Waals surface area contributed by atoms with Crippen molar-refractivity contribution in [3.63, 3.8) is 0 Å². The number of hydrogen-bond acceptors (Lipinski definition) is 6. The number of anilines is 1. The number of rotatable bonds is 1. The van der Waals surface area contributed by atoms with Gasteiger partial charge in [-0.25, -0.2) is 9.97 Å². The van der Waals surface area contributed by atoms with Crippen LogP contribution in [0.1, 0.15) is 5.82 Å². The third kappa shape index (κ3) is 1.34. The van der Waals surface area contributed by atoms with E-state index in [1.54, 1.807) is 0 Å². The Kier molecular flexibility index (Phi) is 1.68. The molecule has 2 N–H and O–H groups in total. The SMILES string of the molecule is N#Cc1ncn(-c2ncc(N)s2)n1. The molecule has 0 aliphatic rings. The average Bonchev–Trinajstić information content (AvgIpc) is 2.71. The van der Waals surface area contributed by atoms with Crippen molar-refractivity contribution in [1.29, 1.82) is 5.26 Å². The smallest absolute Gasteiger partial charge is 0.252 e. The molecule has 0 fully saturated rings. The molecule has 2 rings (SSSR count). The molecule has 64 valence electrons. The minimum absolute atomic E-state index is 0.119. The zero-order valence-corrected chi connectivity index (χ0v) is 7.19. The molecule has 0 aliphatic heterocycles. The van der Waals surface area contributed by atoms with E-state index in [1.165, 1.54) is 28.5 Å². The molecule has 0 saturated carbocycles. The lowest BCUT2D eigenvalue weighted by Gasteiger charge is -1.88. The summed E-state index contributed by atoms with van der Waals surface area (Å²) in [5.41, 5.74) is 5.48. The van der Waals surface area contributed by atoms with Crippen LogP contribution in [0.15, 0.2) is 12.5 Å². The van der Waals surface area contributed by atoms with Gasteiger partial charge in [-0.1, -0.05) is 11.3 Å². The Morgan fingerprint density at radius 3 is 2.92 bits per heavy atom. The predicted molar refractivity (Wildman–Crippen MR) is 46.2 cm³/mol. The quantitative estimate of drug-likeness (QED) is 0.695. The van der Waals surface area contributed by atoms with Gasteiger partial charge in [0.25, 0.3) is 5.82 Å². The minimum Gasteiger partial charge on any atom is -0.389 e. The van der Waals surface area contributed by atoms with E-state index in [9.17, 15) is 0 Å². The zero-order valence-electron chi connectivity index (χ0n) is 6.38. The first-order valence-corrected chi connectivity index (χ1v) is 4.14. The van der Waals surface area contributed by atoms with Crippen LogP contribution >= 0.6 is 11.3 Å². The molecule has 0 spiro atoms. The van der Waals surface area contributed by atoms with Crippen LogP contribution in [0, 0.1) is 11.3 Å². The lowest BCUT2D eigenvalue weighted by molar-refractivity contribution is 0.862. The highest BCUT2D eigenvalue weighted by Crippen LogP contribution is 2.17. The van der Waals surface area contributed by atoms with Crippen LogP contribution in [-0.2, 0) is 0 Å². The molecule has 0 aliphatic carbocycles. The second-order valence-electron chi connectivity index (χ2n) is 2.17. The van der Waals surface area contributed by atoms with Gasteiger partial charge >= 0.3 is 0 Å². The van der Waals surface area contributed by atoms with E-state index in [4.69, 9.17) is 11.0 Å². The monoisotopic (exact) mass is 192 g/mol. The Morgan fingerprint density at radius 1 is 1.54 bits per heavy atom. The second kappa shape index (κ2) is 2.84. The number of hydrogen-bond donors (Lipinski definition) is 1. The summed E-state index contributed by atoms with van der Waals surface area (Å²) in [7, 11) is 0. The Balaban J connectivity index is 2.42. The van der Waals surface area contributed by atoms with E-state index in [0.717, 1.165) is 0 Å². The topological polar surface area (TPSA) is 93.4 Å². The summed E-state index contributed by atoms with van der Waals surface area (Å²) in [4.78, 5) is 7.72. The van der Waals surface area contributed by atoms with E-state index in [0.29, 0.717) is 10.1 Å². The average molecular weight is 192 g/mol. The van der Waals surface area contributed by atoms with Gasteiger partial charge in [0.05, 0.1) is 6.20 Å². The van der Waals surface area contributed by atoms with Crippen molar-refractivity contribution in [1.82, 2.24) is 19.7 Å². The highest BCUT2D eigenvalue weighted by atomic mass is 32.1. The Hall–Kier alpha value is -1.94. The molecule has 2 aromatic heterocycles. The molecule has 0 saturated heterocycles. The largest absolute Gasteiger partial charge is 0.389 e. The van der Waals surface area contributed by atoms with Crippen molar-refractivity contribution in [2.75, 3.05) is 5.73 Å². The van der Waals surface area contributed by atoms with Gasteiger partial charge in [-0.2, -0.15) is 9.94 Å². The lowest BCUT2D eigenvalue weighted by atomic mass is 10.7. The lowest BCUT2D eigenvalue weighted by Crippen LogP contribution is -1.93. The molecule has 0 aromatic carbocycles. The highest BCUT2D eigenvalue weighted by Gasteiger charge is 2.04. The van der Waals surface area contributed by atoms with Crippen molar-refractivity contribution in [3.8, 4) is 11.2 Å². The summed E-state index contributed by atoms with van der Waals surface area (Å²) in [5.74, 6) is 0.119. The van der Waals surface area contributed by atoms with Crippen LogP contribution in [0.25, 0.3) is 5.13 Å². The maximum atomic E-state index is 8.47. The first-order chi connectivity index (χ1) is 6.29. The van der Waals surface area contributed by atoms with E-state index in [-0.39, 0.29) is 5.82 Å². The number of nitrogen functional groups attached to an aromatic ring is 1.